The van der Waals surface area contributed by atoms with Crippen molar-refractivity contribution in [3.63, 3.8) is 0 Å². The monoisotopic (exact) mass is 267 g/mol. The van der Waals surface area contributed by atoms with Crippen molar-refractivity contribution in [2.75, 3.05) is 0 Å². The molecule has 0 radical (unpaired) electrons. The average molecular weight is 267 g/mol. The predicted molar refractivity (Wildman–Crippen MR) is 74.1 cm³/mol. The standard InChI is InChI=1S/C14H10BNO2S/c16-8-10-3-1-2-4-14(10)19-12-6-5-11-9-18-15(17)13(11)7-12/h1-7,17H,9H2. The van der Waals surface area contributed by atoms with Crippen molar-refractivity contribution in [1.29, 1.82) is 5.26 Å². The molecule has 3 rings (SSSR count). The maximum absolute atomic E-state index is 9.69. The number of hydrogen-bond acceptors (Lipinski definition) is 4. The summed E-state index contributed by atoms with van der Waals surface area (Å²) >= 11 is 1.52. The Morgan fingerprint density at radius 3 is 2.95 bits per heavy atom. The zero-order valence-electron chi connectivity index (χ0n) is 10.0. The lowest BCUT2D eigenvalue weighted by Crippen LogP contribution is -2.27. The van der Waals surface area contributed by atoms with Gasteiger partial charge in [0.15, 0.2) is 0 Å². The second kappa shape index (κ2) is 5.10. The van der Waals surface area contributed by atoms with Crippen LogP contribution in [0.3, 0.4) is 0 Å². The molecule has 1 N–H and O–H groups in total. The Kier molecular flexibility index (Phi) is 3.30. The molecular weight excluding hydrogens is 257 g/mol. The van der Waals surface area contributed by atoms with Gasteiger partial charge in [0.25, 0.3) is 0 Å². The summed E-state index contributed by atoms with van der Waals surface area (Å²) in [5, 5.41) is 18.8. The van der Waals surface area contributed by atoms with E-state index in [2.05, 4.69) is 6.07 Å². The van der Waals surface area contributed by atoms with Gasteiger partial charge in [0.1, 0.15) is 6.07 Å². The maximum Gasteiger partial charge on any atom is 0.491 e. The summed E-state index contributed by atoms with van der Waals surface area (Å²) < 4.78 is 5.17. The molecule has 1 aliphatic heterocycles. The van der Waals surface area contributed by atoms with E-state index in [-0.39, 0.29) is 0 Å². The fourth-order valence-electron chi connectivity index (χ4n) is 2.03. The summed E-state index contributed by atoms with van der Waals surface area (Å²) in [6.07, 6.45) is 0. The molecule has 0 saturated carbocycles. The number of rotatable bonds is 2. The molecule has 0 aromatic heterocycles. The molecule has 0 atom stereocenters. The molecule has 1 heterocycles. The van der Waals surface area contributed by atoms with Gasteiger partial charge in [-0.3, -0.25) is 0 Å². The molecule has 0 saturated heterocycles. The lowest BCUT2D eigenvalue weighted by Gasteiger charge is -2.05. The molecular formula is C14H10BNO2S. The molecule has 1 aliphatic rings. The third-order valence-corrected chi connectivity index (χ3v) is 4.08. The average Bonchev–Trinajstić information content (AvgIpc) is 2.81. The van der Waals surface area contributed by atoms with Gasteiger partial charge < -0.3 is 9.68 Å². The zero-order chi connectivity index (χ0) is 13.2. The fourth-order valence-corrected chi connectivity index (χ4v) is 2.98. The molecule has 0 amide bonds. The van der Waals surface area contributed by atoms with Gasteiger partial charge in [0.2, 0.25) is 0 Å². The van der Waals surface area contributed by atoms with Gasteiger partial charge in [0.05, 0.1) is 12.2 Å². The van der Waals surface area contributed by atoms with Crippen molar-refractivity contribution < 1.29 is 9.68 Å². The van der Waals surface area contributed by atoms with Gasteiger partial charge in [0, 0.05) is 9.79 Å². The second-order valence-corrected chi connectivity index (χ2v) is 5.35. The summed E-state index contributed by atoms with van der Waals surface area (Å²) in [4.78, 5) is 1.91. The van der Waals surface area contributed by atoms with Crippen LogP contribution in [0.2, 0.25) is 0 Å². The van der Waals surface area contributed by atoms with E-state index in [4.69, 9.17) is 9.92 Å². The van der Waals surface area contributed by atoms with E-state index in [1.807, 2.05) is 36.4 Å². The third-order valence-electron chi connectivity index (χ3n) is 3.02. The number of nitriles is 1. The highest BCUT2D eigenvalue weighted by molar-refractivity contribution is 7.99. The lowest BCUT2D eigenvalue weighted by molar-refractivity contribution is 0.275. The van der Waals surface area contributed by atoms with Gasteiger partial charge in [-0.1, -0.05) is 30.0 Å². The highest BCUT2D eigenvalue weighted by Crippen LogP contribution is 2.30. The molecule has 0 aliphatic carbocycles. The minimum atomic E-state index is -0.832. The Labute approximate surface area is 116 Å². The Bertz CT molecular complexity index is 669. The smallest absolute Gasteiger partial charge is 0.423 e. The Balaban J connectivity index is 1.92. The molecule has 3 nitrogen and oxygen atoms in total. The van der Waals surface area contributed by atoms with Crippen LogP contribution in [-0.2, 0) is 11.3 Å². The van der Waals surface area contributed by atoms with Crippen LogP contribution in [0.5, 0.6) is 0 Å². The molecule has 2 aromatic rings. The first-order valence-corrected chi connectivity index (χ1v) is 6.69. The highest BCUT2D eigenvalue weighted by atomic mass is 32.2. The largest absolute Gasteiger partial charge is 0.491 e. The van der Waals surface area contributed by atoms with Crippen LogP contribution in [0, 0.1) is 11.3 Å². The highest BCUT2D eigenvalue weighted by Gasteiger charge is 2.27. The molecule has 92 valence electrons. The normalized spacial score (nSPS) is 13.2. The fraction of sp³-hybridized carbons (Fsp3) is 0.0714. The van der Waals surface area contributed by atoms with Crippen molar-refractivity contribution in [2.45, 2.75) is 16.4 Å². The van der Waals surface area contributed by atoms with Crippen LogP contribution in [-0.4, -0.2) is 12.1 Å². The van der Waals surface area contributed by atoms with Crippen LogP contribution < -0.4 is 5.46 Å². The zero-order valence-corrected chi connectivity index (χ0v) is 10.9. The second-order valence-electron chi connectivity index (χ2n) is 4.23. The number of hydrogen-bond donors (Lipinski definition) is 1. The van der Waals surface area contributed by atoms with Crippen molar-refractivity contribution in [2.24, 2.45) is 0 Å². The molecule has 0 fully saturated rings. The van der Waals surface area contributed by atoms with Gasteiger partial charge in [-0.05, 0) is 35.3 Å². The van der Waals surface area contributed by atoms with E-state index in [0.29, 0.717) is 12.2 Å². The topological polar surface area (TPSA) is 53.2 Å². The molecule has 19 heavy (non-hydrogen) atoms. The summed E-state index contributed by atoms with van der Waals surface area (Å²) in [6.45, 7) is 0.455. The van der Waals surface area contributed by atoms with Crippen molar-refractivity contribution in [3.05, 3.63) is 53.6 Å². The first kappa shape index (κ1) is 12.3. The molecule has 0 unspecified atom stereocenters. The minimum Gasteiger partial charge on any atom is -0.423 e. The van der Waals surface area contributed by atoms with Gasteiger partial charge in [-0.15, -0.1) is 0 Å². The van der Waals surface area contributed by atoms with Crippen molar-refractivity contribution in [1.82, 2.24) is 0 Å². The summed E-state index contributed by atoms with van der Waals surface area (Å²) in [5.41, 5.74) is 2.50. The van der Waals surface area contributed by atoms with E-state index in [1.54, 1.807) is 6.07 Å². The van der Waals surface area contributed by atoms with Crippen LogP contribution in [0.4, 0.5) is 0 Å². The SMILES string of the molecule is N#Cc1ccccc1Sc1ccc2c(c1)B(O)OC2. The van der Waals surface area contributed by atoms with Crippen LogP contribution in [0.1, 0.15) is 11.1 Å². The Hall–Kier alpha value is -1.74. The molecule has 5 heteroatoms. The molecule has 2 aromatic carbocycles. The van der Waals surface area contributed by atoms with Gasteiger partial charge in [-0.25, -0.2) is 0 Å². The Morgan fingerprint density at radius 2 is 2.11 bits per heavy atom. The first-order chi connectivity index (χ1) is 9.28. The number of nitrogens with zero attached hydrogens (tertiary/aromatic N) is 1. The van der Waals surface area contributed by atoms with Crippen molar-refractivity contribution in [3.8, 4) is 6.07 Å². The Morgan fingerprint density at radius 1 is 1.26 bits per heavy atom. The summed E-state index contributed by atoms with van der Waals surface area (Å²) in [5.74, 6) is 0. The number of benzene rings is 2. The van der Waals surface area contributed by atoms with E-state index < -0.39 is 7.12 Å². The maximum atomic E-state index is 9.69. The van der Waals surface area contributed by atoms with Gasteiger partial charge in [-0.2, -0.15) is 5.26 Å². The van der Waals surface area contributed by atoms with E-state index in [1.165, 1.54) is 11.8 Å². The van der Waals surface area contributed by atoms with E-state index in [9.17, 15) is 5.02 Å². The van der Waals surface area contributed by atoms with Crippen LogP contribution in [0.25, 0.3) is 0 Å². The minimum absolute atomic E-state index is 0.455. The first-order valence-electron chi connectivity index (χ1n) is 5.87. The van der Waals surface area contributed by atoms with Gasteiger partial charge >= 0.3 is 7.12 Å². The van der Waals surface area contributed by atoms with E-state index in [0.717, 1.165) is 20.8 Å². The van der Waals surface area contributed by atoms with Crippen LogP contribution >= 0.6 is 11.8 Å². The van der Waals surface area contributed by atoms with Crippen molar-refractivity contribution >= 4 is 24.3 Å². The number of fused-ring (bicyclic) bond motifs is 1. The summed E-state index contributed by atoms with van der Waals surface area (Å²) in [6, 6.07) is 15.5. The van der Waals surface area contributed by atoms with E-state index >= 15 is 0 Å². The molecule has 0 bridgehead atoms. The predicted octanol–water partition coefficient (Wildman–Crippen LogP) is 1.93. The quantitative estimate of drug-likeness (QED) is 0.845. The summed E-state index contributed by atoms with van der Waals surface area (Å²) in [7, 11) is -0.832. The van der Waals surface area contributed by atoms with Crippen LogP contribution in [0.15, 0.2) is 52.3 Å². The third kappa shape index (κ3) is 2.38. The molecule has 0 spiro atoms. The lowest BCUT2D eigenvalue weighted by atomic mass is 9.80.